The largest absolute Gasteiger partial charge is 0.176 e. The van der Waals surface area contributed by atoms with E-state index < -0.39 is 8.07 Å². The first-order valence-electron chi connectivity index (χ1n) is 12.2. The molecule has 6 rings (SSSR count). The normalized spacial score (nSPS) is 17.7. The molecule has 0 radical (unpaired) electrons. The molecule has 1 aliphatic heterocycles. The van der Waals surface area contributed by atoms with Crippen LogP contribution in [0.5, 0.6) is 0 Å². The minimum absolute atomic E-state index is 1.06. The van der Waals surface area contributed by atoms with Crippen molar-refractivity contribution in [3.63, 3.8) is 0 Å². The first kappa shape index (κ1) is 21.6. The summed E-state index contributed by atoms with van der Waals surface area (Å²) in [5.74, 6) is 0. The van der Waals surface area contributed by atoms with Crippen molar-refractivity contribution in [3.8, 4) is 0 Å². The molecule has 168 valence electrons. The van der Waals surface area contributed by atoms with Gasteiger partial charge >= 0.3 is 0 Å². The Morgan fingerprint density at radius 1 is 0.629 bits per heavy atom. The summed E-state index contributed by atoms with van der Waals surface area (Å²) in [6.45, 7) is 8.90. The van der Waals surface area contributed by atoms with Gasteiger partial charge in [-0.1, -0.05) is 127 Å². The molecule has 0 amide bonds. The van der Waals surface area contributed by atoms with Gasteiger partial charge in [0, 0.05) is 0 Å². The summed E-state index contributed by atoms with van der Waals surface area (Å²) in [6.07, 6.45) is 2.37. The van der Waals surface area contributed by atoms with E-state index in [1.165, 1.54) is 53.4 Å². The molecule has 1 heteroatoms. The number of allylic oxidation sites excluding steroid dienone is 2. The van der Waals surface area contributed by atoms with Crippen molar-refractivity contribution in [2.24, 2.45) is 0 Å². The summed E-state index contributed by atoms with van der Waals surface area (Å²) in [5.41, 5.74) is 4.02. The maximum absolute atomic E-state index is 4.32. The fourth-order valence-corrected chi connectivity index (χ4v) is 11.2. The third kappa shape index (κ3) is 3.35. The van der Waals surface area contributed by atoms with Gasteiger partial charge in [-0.15, -0.1) is 0 Å². The molecular weight excluding hydrogens is 436 g/mol. The maximum atomic E-state index is 4.32. The van der Waals surface area contributed by atoms with Crippen molar-refractivity contribution < 1.29 is 0 Å². The molecule has 0 N–H and O–H groups in total. The van der Waals surface area contributed by atoms with Crippen LogP contribution in [-0.4, -0.2) is 8.07 Å². The second-order valence-corrected chi connectivity index (χ2v) is 13.6. The Bertz CT molecular complexity index is 1730. The first-order valence-corrected chi connectivity index (χ1v) is 14.2. The standard InChI is InChI=1S/C34H28Si/c1-24-12-11-19-31(20-24)35(30-17-5-4-6-18-30)26(3)32(21-27-14-8-7-13-25(27)2)33-22-28-15-9-10-16-29(28)23-34(33)35/h4-23H,2H2,1,3H3/b27-21-. The molecule has 1 aliphatic rings. The van der Waals surface area contributed by atoms with Crippen LogP contribution in [0.4, 0.5) is 0 Å². The van der Waals surface area contributed by atoms with Crippen LogP contribution in [0.15, 0.2) is 120 Å². The van der Waals surface area contributed by atoms with E-state index in [1.54, 1.807) is 0 Å². The molecule has 5 aromatic carbocycles. The lowest BCUT2D eigenvalue weighted by atomic mass is 10.00. The second-order valence-electron chi connectivity index (χ2n) is 9.61. The highest BCUT2D eigenvalue weighted by molar-refractivity contribution is 7.18. The van der Waals surface area contributed by atoms with Crippen LogP contribution < -0.4 is 26.0 Å². The highest BCUT2D eigenvalue weighted by Gasteiger charge is 2.48. The van der Waals surface area contributed by atoms with E-state index in [4.69, 9.17) is 0 Å². The average molecular weight is 465 g/mol. The van der Waals surface area contributed by atoms with E-state index in [1.807, 2.05) is 0 Å². The molecule has 1 atom stereocenters. The summed E-state index contributed by atoms with van der Waals surface area (Å²) in [7, 11) is -2.46. The van der Waals surface area contributed by atoms with Crippen LogP contribution in [0.2, 0.25) is 0 Å². The highest BCUT2D eigenvalue weighted by Crippen LogP contribution is 2.36. The van der Waals surface area contributed by atoms with Crippen LogP contribution in [0.1, 0.15) is 18.1 Å². The molecule has 5 aromatic rings. The van der Waals surface area contributed by atoms with Gasteiger partial charge in [-0.25, -0.2) is 0 Å². The molecule has 0 saturated heterocycles. The van der Waals surface area contributed by atoms with E-state index in [0.717, 1.165) is 5.22 Å². The van der Waals surface area contributed by atoms with Gasteiger partial charge < -0.3 is 0 Å². The van der Waals surface area contributed by atoms with Crippen molar-refractivity contribution in [1.29, 1.82) is 0 Å². The molecule has 1 unspecified atom stereocenters. The Hall–Kier alpha value is -3.94. The van der Waals surface area contributed by atoms with Gasteiger partial charge in [0.05, 0.1) is 0 Å². The van der Waals surface area contributed by atoms with Crippen LogP contribution in [0.25, 0.3) is 29.0 Å². The quantitative estimate of drug-likeness (QED) is 0.335. The predicted molar refractivity (Wildman–Crippen MR) is 154 cm³/mol. The molecule has 0 saturated carbocycles. The average Bonchev–Trinajstić information content (AvgIpc) is 3.12. The number of hydrogen-bond donors (Lipinski definition) is 0. The molecule has 0 nitrogen and oxygen atoms in total. The van der Waals surface area contributed by atoms with Crippen LogP contribution >= 0.6 is 0 Å². The summed E-state index contributed by atoms with van der Waals surface area (Å²) >= 11 is 0. The molecule has 0 spiro atoms. The fraction of sp³-hybridized carbons (Fsp3) is 0.0588. The zero-order valence-corrected chi connectivity index (χ0v) is 21.3. The van der Waals surface area contributed by atoms with Gasteiger partial charge in [-0.3, -0.25) is 0 Å². The monoisotopic (exact) mass is 464 g/mol. The topological polar surface area (TPSA) is 0 Å². The maximum Gasteiger partial charge on any atom is 0.176 e. The molecule has 0 aliphatic carbocycles. The summed E-state index contributed by atoms with van der Waals surface area (Å²) in [4.78, 5) is 0. The number of hydrogen-bond acceptors (Lipinski definition) is 0. The van der Waals surface area contributed by atoms with Crippen molar-refractivity contribution in [3.05, 3.63) is 142 Å². The van der Waals surface area contributed by atoms with Gasteiger partial charge in [0.25, 0.3) is 0 Å². The third-order valence-electron chi connectivity index (χ3n) is 7.56. The Kier molecular flexibility index (Phi) is 5.16. The number of aryl methyl sites for hydroxylation is 1. The molecular formula is C34H28Si. The molecule has 0 bridgehead atoms. The minimum atomic E-state index is -2.46. The Labute approximate surface area is 208 Å². The van der Waals surface area contributed by atoms with Crippen molar-refractivity contribution in [1.82, 2.24) is 0 Å². The summed E-state index contributed by atoms with van der Waals surface area (Å²) < 4.78 is 0. The lowest BCUT2D eigenvalue weighted by Crippen LogP contribution is -2.67. The Balaban J connectivity index is 1.81. The van der Waals surface area contributed by atoms with E-state index in [2.05, 4.69) is 142 Å². The fourth-order valence-electron chi connectivity index (χ4n) is 5.87. The third-order valence-corrected chi connectivity index (χ3v) is 12.6. The molecule has 35 heavy (non-hydrogen) atoms. The first-order chi connectivity index (χ1) is 17.1. The van der Waals surface area contributed by atoms with Crippen molar-refractivity contribution in [2.75, 3.05) is 0 Å². The van der Waals surface area contributed by atoms with E-state index in [9.17, 15) is 0 Å². The molecule has 1 heterocycles. The zero-order chi connectivity index (χ0) is 24.0. The SMILES string of the molecule is C=c1cccc/c1=C/C1=C(C)[Si](c2ccccc2)(c2cccc(C)c2)c2cc3ccccc3cc21. The predicted octanol–water partition coefficient (Wildman–Crippen LogP) is 4.84. The van der Waals surface area contributed by atoms with E-state index >= 15 is 0 Å². The van der Waals surface area contributed by atoms with Gasteiger partial charge in [0.1, 0.15) is 0 Å². The van der Waals surface area contributed by atoms with Crippen molar-refractivity contribution in [2.45, 2.75) is 13.8 Å². The summed E-state index contributed by atoms with van der Waals surface area (Å²) in [6, 6.07) is 42.5. The van der Waals surface area contributed by atoms with Gasteiger partial charge in [0.15, 0.2) is 8.07 Å². The number of fused-ring (bicyclic) bond motifs is 2. The summed E-state index contributed by atoms with van der Waals surface area (Å²) in [5, 5.41) is 10.7. The van der Waals surface area contributed by atoms with Crippen LogP contribution in [0.3, 0.4) is 0 Å². The van der Waals surface area contributed by atoms with Crippen LogP contribution in [-0.2, 0) is 0 Å². The van der Waals surface area contributed by atoms with E-state index in [0.29, 0.717) is 0 Å². The minimum Gasteiger partial charge on any atom is -0.0912 e. The lowest BCUT2D eigenvalue weighted by Gasteiger charge is -2.32. The smallest absolute Gasteiger partial charge is 0.0912 e. The molecule has 0 aromatic heterocycles. The van der Waals surface area contributed by atoms with Gasteiger partial charge in [-0.05, 0) is 73.9 Å². The zero-order valence-electron chi connectivity index (χ0n) is 20.3. The van der Waals surface area contributed by atoms with Crippen LogP contribution in [0, 0.1) is 6.92 Å². The lowest BCUT2D eigenvalue weighted by molar-refractivity contribution is 1.48. The Morgan fingerprint density at radius 3 is 2.03 bits per heavy atom. The van der Waals surface area contributed by atoms with Gasteiger partial charge in [-0.2, -0.15) is 0 Å². The van der Waals surface area contributed by atoms with E-state index in [-0.39, 0.29) is 0 Å². The van der Waals surface area contributed by atoms with Gasteiger partial charge in [0.2, 0.25) is 0 Å². The second kappa shape index (κ2) is 8.37. The van der Waals surface area contributed by atoms with Crippen molar-refractivity contribution >= 4 is 52.6 Å². The number of rotatable bonds is 3. The Morgan fingerprint density at radius 2 is 1.29 bits per heavy atom. The number of benzene rings is 5. The highest BCUT2D eigenvalue weighted by atomic mass is 28.3. The molecule has 0 fully saturated rings.